The van der Waals surface area contributed by atoms with Crippen LogP contribution in [-0.2, 0) is 13.2 Å². The van der Waals surface area contributed by atoms with Crippen molar-refractivity contribution in [1.29, 1.82) is 0 Å². The van der Waals surface area contributed by atoms with Crippen LogP contribution in [0.2, 0.25) is 0 Å². The van der Waals surface area contributed by atoms with E-state index in [1.807, 2.05) is 12.1 Å². The zero-order valence-electron chi connectivity index (χ0n) is 12.7. The molecule has 3 nitrogen and oxygen atoms in total. The number of aryl methyl sites for hydroxylation is 1. The van der Waals surface area contributed by atoms with Gasteiger partial charge in [0, 0.05) is 12.1 Å². The first-order valence-corrected chi connectivity index (χ1v) is 7.40. The lowest BCUT2D eigenvalue weighted by Crippen LogP contribution is -2.15. The van der Waals surface area contributed by atoms with E-state index in [0.29, 0.717) is 6.61 Å². The fourth-order valence-corrected chi connectivity index (χ4v) is 2.21. The molecule has 2 rings (SSSR count). The summed E-state index contributed by atoms with van der Waals surface area (Å²) < 4.78 is 6.00. The van der Waals surface area contributed by atoms with Crippen molar-refractivity contribution in [3.05, 3.63) is 59.2 Å². The summed E-state index contributed by atoms with van der Waals surface area (Å²) in [6, 6.07) is 13.3. The number of nitrogens with one attached hydrogen (secondary N) is 1. The number of para-hydroxylation sites is 1. The zero-order valence-corrected chi connectivity index (χ0v) is 12.7. The normalized spacial score (nSPS) is 10.6. The second kappa shape index (κ2) is 7.70. The number of phenolic OH excluding ortho intramolecular Hbond substituents is 1. The minimum Gasteiger partial charge on any atom is -0.508 e. The van der Waals surface area contributed by atoms with Crippen LogP contribution in [-0.4, -0.2) is 11.7 Å². The highest BCUT2D eigenvalue weighted by Crippen LogP contribution is 2.24. The van der Waals surface area contributed by atoms with Crippen molar-refractivity contribution in [3.63, 3.8) is 0 Å². The average molecular weight is 285 g/mol. The highest BCUT2D eigenvalue weighted by Gasteiger charge is 2.07. The van der Waals surface area contributed by atoms with E-state index in [1.165, 1.54) is 5.56 Å². The number of phenols is 1. The molecule has 0 aliphatic rings. The SMILES string of the molecule is CCCNCc1cccc(C)c1OCc1ccc(O)cc1. The first-order valence-electron chi connectivity index (χ1n) is 7.40. The van der Waals surface area contributed by atoms with E-state index in [-0.39, 0.29) is 5.75 Å². The van der Waals surface area contributed by atoms with Gasteiger partial charge in [0.1, 0.15) is 18.1 Å². The van der Waals surface area contributed by atoms with E-state index >= 15 is 0 Å². The van der Waals surface area contributed by atoms with Crippen LogP contribution < -0.4 is 10.1 Å². The summed E-state index contributed by atoms with van der Waals surface area (Å²) >= 11 is 0. The van der Waals surface area contributed by atoms with Crippen LogP contribution in [0.3, 0.4) is 0 Å². The molecule has 21 heavy (non-hydrogen) atoms. The Kier molecular flexibility index (Phi) is 5.64. The number of rotatable bonds is 7. The van der Waals surface area contributed by atoms with Gasteiger partial charge in [-0.25, -0.2) is 0 Å². The monoisotopic (exact) mass is 285 g/mol. The summed E-state index contributed by atoms with van der Waals surface area (Å²) in [5, 5.41) is 12.7. The molecule has 112 valence electrons. The number of hydrogen-bond acceptors (Lipinski definition) is 3. The Morgan fingerprint density at radius 3 is 2.57 bits per heavy atom. The van der Waals surface area contributed by atoms with Gasteiger partial charge in [-0.2, -0.15) is 0 Å². The van der Waals surface area contributed by atoms with E-state index in [9.17, 15) is 5.11 Å². The van der Waals surface area contributed by atoms with Crippen LogP contribution in [0.15, 0.2) is 42.5 Å². The summed E-state index contributed by atoms with van der Waals surface area (Å²) in [5.41, 5.74) is 3.37. The molecule has 0 bridgehead atoms. The Morgan fingerprint density at radius 1 is 1.10 bits per heavy atom. The van der Waals surface area contributed by atoms with Gasteiger partial charge in [-0.05, 0) is 43.1 Å². The van der Waals surface area contributed by atoms with Gasteiger partial charge >= 0.3 is 0 Å². The Hall–Kier alpha value is -2.00. The first kappa shape index (κ1) is 15.4. The van der Waals surface area contributed by atoms with Gasteiger partial charge < -0.3 is 15.2 Å². The maximum absolute atomic E-state index is 9.30. The average Bonchev–Trinajstić information content (AvgIpc) is 2.48. The van der Waals surface area contributed by atoms with E-state index in [0.717, 1.165) is 36.4 Å². The largest absolute Gasteiger partial charge is 0.508 e. The molecule has 0 atom stereocenters. The summed E-state index contributed by atoms with van der Waals surface area (Å²) in [6.07, 6.45) is 1.12. The fraction of sp³-hybridized carbons (Fsp3) is 0.333. The molecule has 0 heterocycles. The standard InChI is InChI=1S/C18H23NO2/c1-3-11-19-12-16-6-4-5-14(2)18(16)21-13-15-7-9-17(20)10-8-15/h4-10,19-20H,3,11-13H2,1-2H3. The number of benzene rings is 2. The lowest BCUT2D eigenvalue weighted by atomic mass is 10.1. The minimum atomic E-state index is 0.277. The summed E-state index contributed by atoms with van der Waals surface area (Å²) in [4.78, 5) is 0. The Morgan fingerprint density at radius 2 is 1.86 bits per heavy atom. The van der Waals surface area contributed by atoms with Crippen molar-refractivity contribution in [2.24, 2.45) is 0 Å². The fourth-order valence-electron chi connectivity index (χ4n) is 2.21. The second-order valence-corrected chi connectivity index (χ2v) is 5.20. The van der Waals surface area contributed by atoms with Crippen LogP contribution in [0.5, 0.6) is 11.5 Å². The quantitative estimate of drug-likeness (QED) is 0.761. The Balaban J connectivity index is 2.05. The Bertz CT molecular complexity index is 564. The maximum Gasteiger partial charge on any atom is 0.127 e. The number of aromatic hydroxyl groups is 1. The molecule has 0 spiro atoms. The van der Waals surface area contributed by atoms with Crippen molar-refractivity contribution in [2.45, 2.75) is 33.4 Å². The van der Waals surface area contributed by atoms with Gasteiger partial charge in [-0.1, -0.05) is 37.3 Å². The molecule has 0 amide bonds. The topological polar surface area (TPSA) is 41.5 Å². The number of ether oxygens (including phenoxy) is 1. The van der Waals surface area contributed by atoms with Crippen LogP contribution >= 0.6 is 0 Å². The van der Waals surface area contributed by atoms with Crippen LogP contribution in [0.4, 0.5) is 0 Å². The van der Waals surface area contributed by atoms with Crippen LogP contribution in [0.25, 0.3) is 0 Å². The van der Waals surface area contributed by atoms with Crippen molar-refractivity contribution in [3.8, 4) is 11.5 Å². The molecule has 2 aromatic carbocycles. The molecule has 0 fully saturated rings. The van der Waals surface area contributed by atoms with Crippen molar-refractivity contribution in [1.82, 2.24) is 5.32 Å². The third-order valence-electron chi connectivity index (χ3n) is 3.36. The molecule has 0 saturated carbocycles. The molecule has 0 aliphatic heterocycles. The second-order valence-electron chi connectivity index (χ2n) is 5.20. The molecule has 0 radical (unpaired) electrons. The molecule has 2 N–H and O–H groups in total. The van der Waals surface area contributed by atoms with Crippen LogP contribution in [0.1, 0.15) is 30.0 Å². The van der Waals surface area contributed by atoms with Crippen molar-refractivity contribution in [2.75, 3.05) is 6.54 Å². The van der Waals surface area contributed by atoms with E-state index in [1.54, 1.807) is 12.1 Å². The van der Waals surface area contributed by atoms with Crippen molar-refractivity contribution < 1.29 is 9.84 Å². The molecule has 0 aromatic heterocycles. The number of hydrogen-bond donors (Lipinski definition) is 2. The van der Waals surface area contributed by atoms with Crippen LogP contribution in [0, 0.1) is 6.92 Å². The minimum absolute atomic E-state index is 0.277. The summed E-state index contributed by atoms with van der Waals surface area (Å²) in [7, 11) is 0. The third kappa shape index (κ3) is 4.50. The highest BCUT2D eigenvalue weighted by molar-refractivity contribution is 5.41. The summed E-state index contributed by atoms with van der Waals surface area (Å²) in [5.74, 6) is 1.23. The molecular weight excluding hydrogens is 262 g/mol. The van der Waals surface area contributed by atoms with Gasteiger partial charge in [0.25, 0.3) is 0 Å². The van der Waals surface area contributed by atoms with E-state index < -0.39 is 0 Å². The van der Waals surface area contributed by atoms with Gasteiger partial charge in [0.2, 0.25) is 0 Å². The van der Waals surface area contributed by atoms with Crippen molar-refractivity contribution >= 4 is 0 Å². The molecular formula is C18H23NO2. The molecule has 2 aromatic rings. The molecule has 0 aliphatic carbocycles. The van der Waals surface area contributed by atoms with Gasteiger partial charge in [-0.3, -0.25) is 0 Å². The first-order chi connectivity index (χ1) is 10.2. The smallest absolute Gasteiger partial charge is 0.127 e. The predicted molar refractivity (Wildman–Crippen MR) is 85.6 cm³/mol. The third-order valence-corrected chi connectivity index (χ3v) is 3.36. The lowest BCUT2D eigenvalue weighted by molar-refractivity contribution is 0.300. The molecule has 0 saturated heterocycles. The van der Waals surface area contributed by atoms with Gasteiger partial charge in [0.15, 0.2) is 0 Å². The molecule has 0 unspecified atom stereocenters. The molecule has 3 heteroatoms. The van der Waals surface area contributed by atoms with E-state index in [2.05, 4.69) is 37.4 Å². The lowest BCUT2D eigenvalue weighted by Gasteiger charge is -2.15. The highest BCUT2D eigenvalue weighted by atomic mass is 16.5. The maximum atomic E-state index is 9.30. The Labute approximate surface area is 126 Å². The van der Waals surface area contributed by atoms with Gasteiger partial charge in [0.05, 0.1) is 0 Å². The van der Waals surface area contributed by atoms with E-state index in [4.69, 9.17) is 4.74 Å². The zero-order chi connectivity index (χ0) is 15.1. The van der Waals surface area contributed by atoms with Gasteiger partial charge in [-0.15, -0.1) is 0 Å². The predicted octanol–water partition coefficient (Wildman–Crippen LogP) is 3.78. The summed E-state index contributed by atoms with van der Waals surface area (Å²) in [6.45, 7) is 6.55.